The van der Waals surface area contributed by atoms with Gasteiger partial charge in [0.25, 0.3) is 0 Å². The predicted molar refractivity (Wildman–Crippen MR) is 73.4 cm³/mol. The van der Waals surface area contributed by atoms with Gasteiger partial charge in [-0.3, -0.25) is 0 Å². The number of hydrogen-bond acceptors (Lipinski definition) is 1. The van der Waals surface area contributed by atoms with Gasteiger partial charge in [0.1, 0.15) is 6.29 Å². The normalized spacial score (nSPS) is 12.4. The average molecular weight is 232 g/mol. The van der Waals surface area contributed by atoms with Crippen molar-refractivity contribution in [1.82, 2.24) is 0 Å². The molecule has 0 amide bonds. The number of carbonyl (C=O) groups excluding carboxylic acids is 1. The molecule has 1 nitrogen and oxygen atoms in total. The summed E-state index contributed by atoms with van der Waals surface area (Å²) in [7, 11) is 0. The van der Waals surface area contributed by atoms with E-state index in [9.17, 15) is 4.79 Å². The van der Waals surface area contributed by atoms with Crippen LogP contribution in [0, 0.1) is 5.92 Å². The largest absolute Gasteiger partial charge is 0.303 e. The zero-order valence-electron chi connectivity index (χ0n) is 11.3. The van der Waals surface area contributed by atoms with Gasteiger partial charge in [0.15, 0.2) is 0 Å². The highest BCUT2D eigenvalue weighted by Gasteiger charge is 2.08. The number of aryl methyl sites for hydroxylation is 2. The van der Waals surface area contributed by atoms with Crippen LogP contribution in [0.5, 0.6) is 0 Å². The van der Waals surface area contributed by atoms with Crippen molar-refractivity contribution in [2.24, 2.45) is 5.92 Å². The van der Waals surface area contributed by atoms with Crippen molar-refractivity contribution in [3.05, 3.63) is 34.9 Å². The molecular formula is C16H24O. The lowest BCUT2D eigenvalue weighted by Crippen LogP contribution is -2.06. The molecular weight excluding hydrogens is 208 g/mol. The number of rotatable bonds is 7. The maximum absolute atomic E-state index is 11.0. The summed E-state index contributed by atoms with van der Waals surface area (Å²) in [6.07, 6.45) is 6.26. The summed E-state index contributed by atoms with van der Waals surface area (Å²) in [4.78, 5) is 11.0. The lowest BCUT2D eigenvalue weighted by Gasteiger charge is -2.12. The van der Waals surface area contributed by atoms with E-state index in [0.29, 0.717) is 0 Å². The zero-order valence-corrected chi connectivity index (χ0v) is 11.3. The van der Waals surface area contributed by atoms with Crippen molar-refractivity contribution in [3.63, 3.8) is 0 Å². The topological polar surface area (TPSA) is 17.1 Å². The molecule has 0 aromatic heterocycles. The second kappa shape index (κ2) is 7.26. The minimum absolute atomic E-state index is 0.192. The van der Waals surface area contributed by atoms with Gasteiger partial charge in [-0.05, 0) is 42.4 Å². The van der Waals surface area contributed by atoms with E-state index in [1.807, 2.05) is 0 Å². The Morgan fingerprint density at radius 1 is 1.12 bits per heavy atom. The first-order valence-corrected chi connectivity index (χ1v) is 6.81. The first-order chi connectivity index (χ1) is 8.24. The van der Waals surface area contributed by atoms with E-state index in [1.54, 1.807) is 0 Å². The molecule has 0 fully saturated rings. The molecule has 1 aromatic carbocycles. The highest BCUT2D eigenvalue weighted by Crippen LogP contribution is 2.18. The molecule has 1 heteroatoms. The Morgan fingerprint density at radius 3 is 2.35 bits per heavy atom. The maximum Gasteiger partial charge on any atom is 0.123 e. The summed E-state index contributed by atoms with van der Waals surface area (Å²) in [6.45, 7) is 6.52. The summed E-state index contributed by atoms with van der Waals surface area (Å²) >= 11 is 0. The summed E-state index contributed by atoms with van der Waals surface area (Å²) in [6, 6.07) is 6.69. The summed E-state index contributed by atoms with van der Waals surface area (Å²) in [5, 5.41) is 0. The standard InChI is InChI=1S/C16H24O/c1-4-7-14(12-17)10-13-8-9-15(5-2)16(6-3)11-13/h8-9,11-12,14H,4-7,10H2,1-3H3. The van der Waals surface area contributed by atoms with Gasteiger partial charge in [-0.2, -0.15) is 0 Å². The van der Waals surface area contributed by atoms with E-state index in [2.05, 4.69) is 39.0 Å². The average Bonchev–Trinajstić information content (AvgIpc) is 2.38. The third kappa shape index (κ3) is 3.99. The summed E-state index contributed by atoms with van der Waals surface area (Å²) in [5.74, 6) is 0.192. The van der Waals surface area contributed by atoms with E-state index in [1.165, 1.54) is 16.7 Å². The van der Waals surface area contributed by atoms with Crippen LogP contribution in [-0.4, -0.2) is 6.29 Å². The van der Waals surface area contributed by atoms with Gasteiger partial charge in [-0.1, -0.05) is 45.4 Å². The molecule has 17 heavy (non-hydrogen) atoms. The Kier molecular flexibility index (Phi) is 5.96. The van der Waals surface area contributed by atoms with Gasteiger partial charge < -0.3 is 4.79 Å². The minimum atomic E-state index is 0.192. The van der Waals surface area contributed by atoms with E-state index >= 15 is 0 Å². The number of benzene rings is 1. The van der Waals surface area contributed by atoms with Crippen molar-refractivity contribution in [2.75, 3.05) is 0 Å². The van der Waals surface area contributed by atoms with Crippen molar-refractivity contribution in [3.8, 4) is 0 Å². The van der Waals surface area contributed by atoms with Crippen LogP contribution in [0.4, 0.5) is 0 Å². The molecule has 0 aliphatic rings. The fraction of sp³-hybridized carbons (Fsp3) is 0.562. The Labute approximate surface area is 105 Å². The van der Waals surface area contributed by atoms with Crippen molar-refractivity contribution in [1.29, 1.82) is 0 Å². The van der Waals surface area contributed by atoms with Crippen molar-refractivity contribution in [2.45, 2.75) is 52.9 Å². The molecule has 1 rings (SSSR count). The second-order valence-electron chi connectivity index (χ2n) is 4.70. The number of hydrogen-bond donors (Lipinski definition) is 0. The van der Waals surface area contributed by atoms with Gasteiger partial charge in [-0.25, -0.2) is 0 Å². The fourth-order valence-electron chi connectivity index (χ4n) is 2.37. The van der Waals surface area contributed by atoms with Gasteiger partial charge in [-0.15, -0.1) is 0 Å². The third-order valence-electron chi connectivity index (χ3n) is 3.38. The van der Waals surface area contributed by atoms with E-state index < -0.39 is 0 Å². The van der Waals surface area contributed by atoms with E-state index in [0.717, 1.165) is 38.4 Å². The number of carbonyl (C=O) groups is 1. The summed E-state index contributed by atoms with van der Waals surface area (Å²) in [5.41, 5.74) is 4.19. The molecule has 0 heterocycles. The SMILES string of the molecule is CCCC(C=O)Cc1ccc(CC)c(CC)c1. The highest BCUT2D eigenvalue weighted by atomic mass is 16.1. The van der Waals surface area contributed by atoms with Gasteiger partial charge >= 0.3 is 0 Å². The van der Waals surface area contributed by atoms with Gasteiger partial charge in [0, 0.05) is 5.92 Å². The predicted octanol–water partition coefficient (Wildman–Crippen LogP) is 3.97. The highest BCUT2D eigenvalue weighted by molar-refractivity contribution is 5.54. The molecule has 0 saturated carbocycles. The van der Waals surface area contributed by atoms with Crippen LogP contribution in [0.15, 0.2) is 18.2 Å². The Balaban J connectivity index is 2.80. The molecule has 0 spiro atoms. The zero-order chi connectivity index (χ0) is 12.7. The molecule has 1 unspecified atom stereocenters. The molecule has 0 aliphatic carbocycles. The minimum Gasteiger partial charge on any atom is -0.303 e. The van der Waals surface area contributed by atoms with E-state index in [-0.39, 0.29) is 5.92 Å². The van der Waals surface area contributed by atoms with Gasteiger partial charge in [0.2, 0.25) is 0 Å². The fourth-order valence-corrected chi connectivity index (χ4v) is 2.37. The van der Waals surface area contributed by atoms with Gasteiger partial charge in [0.05, 0.1) is 0 Å². The Bertz CT molecular complexity index is 355. The smallest absolute Gasteiger partial charge is 0.123 e. The molecule has 94 valence electrons. The molecule has 1 aromatic rings. The first-order valence-electron chi connectivity index (χ1n) is 6.81. The molecule has 0 radical (unpaired) electrons. The third-order valence-corrected chi connectivity index (χ3v) is 3.38. The van der Waals surface area contributed by atoms with Crippen LogP contribution < -0.4 is 0 Å². The van der Waals surface area contributed by atoms with Crippen molar-refractivity contribution < 1.29 is 4.79 Å². The first kappa shape index (κ1) is 14.0. The van der Waals surface area contributed by atoms with Crippen LogP contribution in [0.25, 0.3) is 0 Å². The van der Waals surface area contributed by atoms with Crippen LogP contribution in [0.3, 0.4) is 0 Å². The molecule has 0 bridgehead atoms. The Hall–Kier alpha value is -1.11. The molecule has 0 saturated heterocycles. The maximum atomic E-state index is 11.0. The quantitative estimate of drug-likeness (QED) is 0.650. The monoisotopic (exact) mass is 232 g/mol. The molecule has 1 atom stereocenters. The van der Waals surface area contributed by atoms with Crippen LogP contribution in [0.2, 0.25) is 0 Å². The van der Waals surface area contributed by atoms with Crippen LogP contribution >= 0.6 is 0 Å². The van der Waals surface area contributed by atoms with Crippen molar-refractivity contribution >= 4 is 6.29 Å². The molecule has 0 N–H and O–H groups in total. The lowest BCUT2D eigenvalue weighted by atomic mass is 9.93. The lowest BCUT2D eigenvalue weighted by molar-refractivity contribution is -0.111. The van der Waals surface area contributed by atoms with Crippen LogP contribution in [-0.2, 0) is 24.1 Å². The van der Waals surface area contributed by atoms with Crippen LogP contribution in [0.1, 0.15) is 50.3 Å². The van der Waals surface area contributed by atoms with E-state index in [4.69, 9.17) is 0 Å². The number of aldehydes is 1. The second-order valence-corrected chi connectivity index (χ2v) is 4.70. The summed E-state index contributed by atoms with van der Waals surface area (Å²) < 4.78 is 0. The Morgan fingerprint density at radius 2 is 1.82 bits per heavy atom. The molecule has 0 aliphatic heterocycles.